The molecule has 1 aromatic rings. The lowest BCUT2D eigenvalue weighted by Gasteiger charge is -2.06. The van der Waals surface area contributed by atoms with Crippen LogP contribution in [0.5, 0.6) is 0 Å². The first-order valence-corrected chi connectivity index (χ1v) is 6.41. The van der Waals surface area contributed by atoms with E-state index in [-0.39, 0.29) is 0 Å². The molecule has 0 saturated heterocycles. The van der Waals surface area contributed by atoms with Crippen LogP contribution in [0, 0.1) is 5.92 Å². The summed E-state index contributed by atoms with van der Waals surface area (Å²) in [6.07, 6.45) is 2.44. The first-order valence-electron chi connectivity index (χ1n) is 5.42. The van der Waals surface area contributed by atoms with Gasteiger partial charge >= 0.3 is 0 Å². The Morgan fingerprint density at radius 3 is 2.80 bits per heavy atom. The maximum Gasteiger partial charge on any atom is 0.135 e. The maximum absolute atomic E-state index is 5.77. The van der Waals surface area contributed by atoms with Crippen molar-refractivity contribution in [2.45, 2.75) is 37.6 Å². The van der Waals surface area contributed by atoms with E-state index in [1.807, 2.05) is 6.07 Å². The minimum absolute atomic E-state index is 0.576. The average Bonchev–Trinajstić information content (AvgIpc) is 2.97. The summed E-state index contributed by atoms with van der Waals surface area (Å²) in [6, 6.07) is 1.87. The number of hydrogen-bond donors (Lipinski definition) is 1. The van der Waals surface area contributed by atoms with Crippen LogP contribution >= 0.6 is 11.8 Å². The summed E-state index contributed by atoms with van der Waals surface area (Å²) in [6.45, 7) is 4.42. The van der Waals surface area contributed by atoms with Gasteiger partial charge in [-0.25, -0.2) is 9.97 Å². The van der Waals surface area contributed by atoms with E-state index in [2.05, 4.69) is 23.8 Å². The Labute approximate surface area is 94.9 Å². The van der Waals surface area contributed by atoms with Crippen LogP contribution in [0.15, 0.2) is 11.1 Å². The van der Waals surface area contributed by atoms with Crippen LogP contribution in [-0.4, -0.2) is 15.7 Å². The van der Waals surface area contributed by atoms with Gasteiger partial charge in [0.1, 0.15) is 16.7 Å². The van der Waals surface area contributed by atoms with Gasteiger partial charge in [-0.15, -0.1) is 11.8 Å². The second-order valence-electron chi connectivity index (χ2n) is 4.47. The summed E-state index contributed by atoms with van der Waals surface area (Å²) in [5.74, 6) is 3.89. The van der Waals surface area contributed by atoms with Gasteiger partial charge in [0.05, 0.1) is 0 Å². The molecule has 2 N–H and O–H groups in total. The van der Waals surface area contributed by atoms with Crippen LogP contribution in [-0.2, 0) is 0 Å². The van der Waals surface area contributed by atoms with Crippen LogP contribution in [0.25, 0.3) is 0 Å². The summed E-state index contributed by atoms with van der Waals surface area (Å²) < 4.78 is 0. The molecule has 15 heavy (non-hydrogen) atoms. The van der Waals surface area contributed by atoms with Gasteiger partial charge in [0.25, 0.3) is 0 Å². The highest BCUT2D eigenvalue weighted by molar-refractivity contribution is 7.99. The van der Waals surface area contributed by atoms with E-state index < -0.39 is 0 Å². The zero-order chi connectivity index (χ0) is 10.8. The van der Waals surface area contributed by atoms with Crippen LogP contribution in [0.2, 0.25) is 0 Å². The molecule has 1 aliphatic carbocycles. The molecule has 82 valence electrons. The van der Waals surface area contributed by atoms with Crippen LogP contribution in [0.4, 0.5) is 5.82 Å². The molecule has 1 heterocycles. The fraction of sp³-hybridized carbons (Fsp3) is 0.636. The lowest BCUT2D eigenvalue weighted by Crippen LogP contribution is -2.00. The molecule has 1 aromatic heterocycles. The average molecular weight is 223 g/mol. The summed E-state index contributed by atoms with van der Waals surface area (Å²) in [5.41, 5.74) is 5.77. The van der Waals surface area contributed by atoms with Crippen molar-refractivity contribution in [1.82, 2.24) is 9.97 Å². The number of nitrogen functional groups attached to an aromatic ring is 1. The maximum atomic E-state index is 5.77. The quantitative estimate of drug-likeness (QED) is 0.630. The minimum atomic E-state index is 0.576. The molecule has 2 rings (SSSR count). The normalized spacial score (nSPS) is 15.9. The molecule has 0 unspecified atom stereocenters. The van der Waals surface area contributed by atoms with Gasteiger partial charge in [-0.05, 0) is 18.8 Å². The molecule has 3 nitrogen and oxygen atoms in total. The van der Waals surface area contributed by atoms with Crippen LogP contribution in [0.3, 0.4) is 0 Å². The minimum Gasteiger partial charge on any atom is -0.384 e. The molecule has 1 saturated carbocycles. The molecule has 0 aromatic carbocycles. The number of nitrogens with two attached hydrogens (primary N) is 1. The smallest absolute Gasteiger partial charge is 0.135 e. The lowest BCUT2D eigenvalue weighted by molar-refractivity contribution is 0.748. The molecular formula is C11H17N3S. The zero-order valence-corrected chi connectivity index (χ0v) is 10.0. The Kier molecular flexibility index (Phi) is 3.14. The largest absolute Gasteiger partial charge is 0.384 e. The lowest BCUT2D eigenvalue weighted by atomic mass is 10.3. The Bertz CT molecular complexity index is 348. The molecule has 0 spiro atoms. The Morgan fingerprint density at radius 2 is 2.20 bits per heavy atom. The Hall–Kier alpha value is -0.770. The molecule has 0 atom stereocenters. The third kappa shape index (κ3) is 3.09. The van der Waals surface area contributed by atoms with Gasteiger partial charge in [0, 0.05) is 17.7 Å². The van der Waals surface area contributed by atoms with Crippen molar-refractivity contribution in [1.29, 1.82) is 0 Å². The van der Waals surface area contributed by atoms with Crippen molar-refractivity contribution in [3.8, 4) is 0 Å². The van der Waals surface area contributed by atoms with Gasteiger partial charge in [0.2, 0.25) is 0 Å². The fourth-order valence-corrected chi connectivity index (χ4v) is 2.18. The molecule has 0 aliphatic heterocycles. The fourth-order valence-electron chi connectivity index (χ4n) is 1.31. The summed E-state index contributed by atoms with van der Waals surface area (Å²) in [7, 11) is 0. The standard InChI is InChI=1S/C11H17N3S/c1-7(2)6-15-10-5-9(12)13-11(14-10)8-3-4-8/h5,7-8H,3-4,6H2,1-2H3,(H2,12,13,14). The molecule has 1 fully saturated rings. The third-order valence-corrected chi connectivity index (χ3v) is 3.59. The number of anilines is 1. The highest BCUT2D eigenvalue weighted by Gasteiger charge is 2.27. The number of hydrogen-bond acceptors (Lipinski definition) is 4. The van der Waals surface area contributed by atoms with Crippen molar-refractivity contribution in [3.05, 3.63) is 11.9 Å². The van der Waals surface area contributed by atoms with E-state index in [4.69, 9.17) is 5.73 Å². The summed E-state index contributed by atoms with van der Waals surface area (Å²) in [5, 5.41) is 1.03. The van der Waals surface area contributed by atoms with Gasteiger partial charge < -0.3 is 5.73 Å². The number of rotatable bonds is 4. The third-order valence-electron chi connectivity index (χ3n) is 2.25. The van der Waals surface area contributed by atoms with Crippen molar-refractivity contribution >= 4 is 17.6 Å². The van der Waals surface area contributed by atoms with E-state index in [9.17, 15) is 0 Å². The van der Waals surface area contributed by atoms with E-state index in [0.29, 0.717) is 17.7 Å². The van der Waals surface area contributed by atoms with Gasteiger partial charge in [-0.2, -0.15) is 0 Å². The van der Waals surface area contributed by atoms with Gasteiger partial charge in [-0.1, -0.05) is 13.8 Å². The number of thioether (sulfide) groups is 1. The van der Waals surface area contributed by atoms with Crippen molar-refractivity contribution < 1.29 is 0 Å². The molecule has 0 radical (unpaired) electrons. The summed E-state index contributed by atoms with van der Waals surface area (Å²) >= 11 is 1.77. The molecule has 4 heteroatoms. The second-order valence-corrected chi connectivity index (χ2v) is 5.51. The monoisotopic (exact) mass is 223 g/mol. The topological polar surface area (TPSA) is 51.8 Å². The van der Waals surface area contributed by atoms with E-state index in [1.54, 1.807) is 11.8 Å². The van der Waals surface area contributed by atoms with Crippen molar-refractivity contribution in [3.63, 3.8) is 0 Å². The highest BCUT2D eigenvalue weighted by atomic mass is 32.2. The van der Waals surface area contributed by atoms with E-state index in [1.165, 1.54) is 12.8 Å². The first kappa shape index (κ1) is 10.7. The van der Waals surface area contributed by atoms with Gasteiger partial charge in [-0.3, -0.25) is 0 Å². The van der Waals surface area contributed by atoms with Crippen LogP contribution < -0.4 is 5.73 Å². The zero-order valence-electron chi connectivity index (χ0n) is 9.23. The van der Waals surface area contributed by atoms with Crippen LogP contribution in [0.1, 0.15) is 38.4 Å². The molecule has 0 bridgehead atoms. The van der Waals surface area contributed by atoms with E-state index in [0.717, 1.165) is 16.6 Å². The van der Waals surface area contributed by atoms with Crippen molar-refractivity contribution in [2.75, 3.05) is 11.5 Å². The predicted octanol–water partition coefficient (Wildman–Crippen LogP) is 2.68. The van der Waals surface area contributed by atoms with Gasteiger partial charge in [0.15, 0.2) is 0 Å². The number of aromatic nitrogens is 2. The van der Waals surface area contributed by atoms with Crippen molar-refractivity contribution in [2.24, 2.45) is 5.92 Å². The SMILES string of the molecule is CC(C)CSc1cc(N)nc(C2CC2)n1. The second kappa shape index (κ2) is 4.39. The molecule has 1 aliphatic rings. The first-order chi connectivity index (χ1) is 7.15. The summed E-state index contributed by atoms with van der Waals surface area (Å²) in [4.78, 5) is 8.82. The number of nitrogens with zero attached hydrogens (tertiary/aromatic N) is 2. The predicted molar refractivity (Wildman–Crippen MR) is 64.0 cm³/mol. The Morgan fingerprint density at radius 1 is 1.47 bits per heavy atom. The molecular weight excluding hydrogens is 206 g/mol. The highest BCUT2D eigenvalue weighted by Crippen LogP contribution is 2.38. The molecule has 0 amide bonds. The Balaban J connectivity index is 2.09. The van der Waals surface area contributed by atoms with E-state index >= 15 is 0 Å².